The SMILES string of the molecule is CCCC/C=C\CCCCCCCC(=O)OC1C(OCC(NC(=O)C(O)CCCCCCCCCCCCCC/C=C/CCCCCCCC)C(O)/C=C/CCCCCCCCCCCCC)OC(CO)C(O)C1O. The minimum Gasteiger partial charge on any atom is -0.454 e. The van der Waals surface area contributed by atoms with Crippen molar-refractivity contribution in [3.05, 3.63) is 36.5 Å². The van der Waals surface area contributed by atoms with E-state index in [1.54, 1.807) is 6.08 Å². The summed E-state index contributed by atoms with van der Waals surface area (Å²) in [5.41, 5.74) is 0. The predicted molar refractivity (Wildman–Crippen MR) is 311 cm³/mol. The molecule has 75 heavy (non-hydrogen) atoms. The van der Waals surface area contributed by atoms with Gasteiger partial charge in [-0.2, -0.15) is 0 Å². The van der Waals surface area contributed by atoms with Crippen LogP contribution in [0.4, 0.5) is 0 Å². The van der Waals surface area contributed by atoms with E-state index in [0.29, 0.717) is 19.3 Å². The lowest BCUT2D eigenvalue weighted by atomic mass is 9.99. The molecule has 11 heteroatoms. The van der Waals surface area contributed by atoms with Crippen molar-refractivity contribution in [2.24, 2.45) is 0 Å². The van der Waals surface area contributed by atoms with E-state index in [9.17, 15) is 35.1 Å². The van der Waals surface area contributed by atoms with Gasteiger partial charge in [0.25, 0.3) is 0 Å². The Bertz CT molecular complexity index is 1360. The van der Waals surface area contributed by atoms with Crippen molar-refractivity contribution in [1.29, 1.82) is 0 Å². The quantitative estimate of drug-likeness (QED) is 0.0195. The first-order chi connectivity index (χ1) is 36.7. The van der Waals surface area contributed by atoms with Crippen molar-refractivity contribution in [3.8, 4) is 0 Å². The van der Waals surface area contributed by atoms with Crippen LogP contribution in [0.2, 0.25) is 0 Å². The first-order valence-corrected chi connectivity index (χ1v) is 31.8. The van der Waals surface area contributed by atoms with Gasteiger partial charge in [0.2, 0.25) is 5.91 Å². The molecule has 1 fully saturated rings. The molecule has 1 aliphatic heterocycles. The van der Waals surface area contributed by atoms with E-state index < -0.39 is 67.4 Å². The first-order valence-electron chi connectivity index (χ1n) is 31.8. The topological polar surface area (TPSA) is 175 Å². The number of carbonyl (C=O) groups excluding carboxylic acids is 2. The minimum atomic E-state index is -1.61. The van der Waals surface area contributed by atoms with Crippen LogP contribution in [0, 0.1) is 0 Å². The Hall–Kier alpha value is -2.12. The van der Waals surface area contributed by atoms with Gasteiger partial charge in [0.15, 0.2) is 12.4 Å². The van der Waals surface area contributed by atoms with E-state index in [2.05, 4.69) is 50.4 Å². The Labute approximate surface area is 460 Å². The molecule has 1 saturated heterocycles. The van der Waals surface area contributed by atoms with Crippen LogP contribution in [-0.4, -0.2) is 99.6 Å². The summed E-state index contributed by atoms with van der Waals surface area (Å²) >= 11 is 0. The van der Waals surface area contributed by atoms with Gasteiger partial charge < -0.3 is 45.1 Å². The molecular formula is C64H119NO10. The minimum absolute atomic E-state index is 0.115. The van der Waals surface area contributed by atoms with Crippen LogP contribution in [0.1, 0.15) is 297 Å². The Morgan fingerprint density at radius 3 is 1.33 bits per heavy atom. The second kappa shape index (κ2) is 52.6. The van der Waals surface area contributed by atoms with Crippen molar-refractivity contribution in [1.82, 2.24) is 5.32 Å². The van der Waals surface area contributed by atoms with Crippen LogP contribution in [0.15, 0.2) is 36.5 Å². The molecule has 1 heterocycles. The molecule has 11 nitrogen and oxygen atoms in total. The lowest BCUT2D eigenvalue weighted by Crippen LogP contribution is -2.61. The molecule has 1 rings (SSSR count). The first kappa shape index (κ1) is 70.9. The summed E-state index contributed by atoms with van der Waals surface area (Å²) in [6.45, 7) is 5.76. The Morgan fingerprint density at radius 1 is 0.507 bits per heavy atom. The third-order valence-corrected chi connectivity index (χ3v) is 15.0. The van der Waals surface area contributed by atoms with Gasteiger partial charge in [-0.25, -0.2) is 0 Å². The summed E-state index contributed by atoms with van der Waals surface area (Å²) in [7, 11) is 0. The molecule has 0 aromatic rings. The van der Waals surface area contributed by atoms with E-state index in [4.69, 9.17) is 14.2 Å². The monoisotopic (exact) mass is 1060 g/mol. The highest BCUT2D eigenvalue weighted by atomic mass is 16.7. The second-order valence-electron chi connectivity index (χ2n) is 22.1. The zero-order chi connectivity index (χ0) is 54.7. The van der Waals surface area contributed by atoms with E-state index in [1.165, 1.54) is 173 Å². The molecule has 8 unspecified atom stereocenters. The molecular weight excluding hydrogens is 943 g/mol. The predicted octanol–water partition coefficient (Wildman–Crippen LogP) is 15.1. The number of unbranched alkanes of at least 4 members (excludes halogenated alkanes) is 36. The number of aliphatic hydroxyl groups excluding tert-OH is 5. The molecule has 1 aliphatic rings. The molecule has 0 saturated carbocycles. The maximum absolute atomic E-state index is 13.4. The maximum atomic E-state index is 13.4. The third-order valence-electron chi connectivity index (χ3n) is 15.0. The van der Waals surface area contributed by atoms with Crippen molar-refractivity contribution in [3.63, 3.8) is 0 Å². The fourth-order valence-corrected chi connectivity index (χ4v) is 9.92. The third kappa shape index (κ3) is 40.7. The Morgan fingerprint density at radius 2 is 0.893 bits per heavy atom. The number of esters is 1. The van der Waals surface area contributed by atoms with Gasteiger partial charge in [0, 0.05) is 6.42 Å². The maximum Gasteiger partial charge on any atom is 0.306 e. The van der Waals surface area contributed by atoms with Crippen molar-refractivity contribution < 1.29 is 49.3 Å². The zero-order valence-electron chi connectivity index (χ0n) is 48.7. The lowest BCUT2D eigenvalue weighted by molar-refractivity contribution is -0.305. The van der Waals surface area contributed by atoms with Crippen LogP contribution < -0.4 is 5.32 Å². The highest BCUT2D eigenvalue weighted by Gasteiger charge is 2.47. The molecule has 0 bridgehead atoms. The number of hydrogen-bond donors (Lipinski definition) is 6. The van der Waals surface area contributed by atoms with Crippen LogP contribution in [-0.2, 0) is 23.8 Å². The summed E-state index contributed by atoms with van der Waals surface area (Å²) in [4.78, 5) is 26.5. The van der Waals surface area contributed by atoms with Crippen LogP contribution in [0.5, 0.6) is 0 Å². The molecule has 8 atom stereocenters. The standard InChI is InChI=1S/C64H119NO10/c1-4-7-10-13-16-19-22-24-25-26-27-28-29-30-31-32-34-37-39-42-45-48-51-57(68)63(72)65-55(56(67)50-47-44-41-38-36-33-23-20-17-14-11-8-5-2)54-73-64-62(61(71)60(70)58(53-66)74-64)75-59(69)52-49-46-43-40-35-21-18-15-12-9-6-3/h15,18,24-25,47,50,55-58,60-62,64,66-68,70-71H,4-14,16-17,19-23,26-46,48-49,51-54H2,1-3H3,(H,65,72)/b18-15-,25-24+,50-47+. The van der Waals surface area contributed by atoms with Gasteiger partial charge in [-0.1, -0.05) is 256 Å². The number of aliphatic hydroxyl groups is 5. The molecule has 0 aromatic heterocycles. The highest BCUT2D eigenvalue weighted by molar-refractivity contribution is 5.80. The fourth-order valence-electron chi connectivity index (χ4n) is 9.92. The molecule has 6 N–H and O–H groups in total. The molecule has 440 valence electrons. The van der Waals surface area contributed by atoms with Gasteiger partial charge in [-0.05, 0) is 70.6 Å². The number of hydrogen-bond acceptors (Lipinski definition) is 10. The summed E-state index contributed by atoms with van der Waals surface area (Å²) in [5, 5.41) is 56.9. The number of rotatable bonds is 54. The number of ether oxygens (including phenoxy) is 3. The van der Waals surface area contributed by atoms with Crippen molar-refractivity contribution in [2.75, 3.05) is 13.2 Å². The van der Waals surface area contributed by atoms with Gasteiger partial charge in [0.1, 0.15) is 24.4 Å². The number of amides is 1. The number of nitrogens with one attached hydrogen (secondary N) is 1. The largest absolute Gasteiger partial charge is 0.454 e. The molecule has 0 aliphatic carbocycles. The lowest BCUT2D eigenvalue weighted by Gasteiger charge is -2.41. The van der Waals surface area contributed by atoms with Crippen molar-refractivity contribution >= 4 is 11.9 Å². The molecule has 0 aromatic carbocycles. The van der Waals surface area contributed by atoms with Crippen molar-refractivity contribution in [2.45, 2.75) is 346 Å². The van der Waals surface area contributed by atoms with Gasteiger partial charge >= 0.3 is 5.97 Å². The smallest absolute Gasteiger partial charge is 0.306 e. The van der Waals surface area contributed by atoms with Crippen LogP contribution >= 0.6 is 0 Å². The Kier molecular flexibility index (Phi) is 49.7. The average molecular weight is 1060 g/mol. The fraction of sp³-hybridized carbons (Fsp3) is 0.875. The number of allylic oxidation sites excluding steroid dienone is 5. The van der Waals surface area contributed by atoms with Gasteiger partial charge in [-0.15, -0.1) is 0 Å². The molecule has 0 spiro atoms. The van der Waals surface area contributed by atoms with Crippen LogP contribution in [0.25, 0.3) is 0 Å². The van der Waals surface area contributed by atoms with Gasteiger partial charge in [0.05, 0.1) is 25.4 Å². The highest BCUT2D eigenvalue weighted by Crippen LogP contribution is 2.26. The summed E-state index contributed by atoms with van der Waals surface area (Å²) in [6, 6.07) is -1.02. The van der Waals surface area contributed by atoms with Gasteiger partial charge in [-0.3, -0.25) is 9.59 Å². The zero-order valence-corrected chi connectivity index (χ0v) is 48.7. The molecule has 1 amide bonds. The van der Waals surface area contributed by atoms with E-state index in [1.807, 2.05) is 6.08 Å². The Balaban J connectivity index is 2.63. The second-order valence-corrected chi connectivity index (χ2v) is 22.1. The molecule has 0 radical (unpaired) electrons. The van der Waals surface area contributed by atoms with E-state index in [-0.39, 0.29) is 13.0 Å². The number of carbonyl (C=O) groups is 2. The summed E-state index contributed by atoms with van der Waals surface area (Å²) < 4.78 is 17.6. The van der Waals surface area contributed by atoms with E-state index >= 15 is 0 Å². The van der Waals surface area contributed by atoms with Crippen LogP contribution in [0.3, 0.4) is 0 Å². The summed E-state index contributed by atoms with van der Waals surface area (Å²) in [6.07, 6.45) is 51.9. The van der Waals surface area contributed by atoms with E-state index in [0.717, 1.165) is 77.0 Å². The normalized spacial score (nSPS) is 19.4. The summed E-state index contributed by atoms with van der Waals surface area (Å²) in [5.74, 6) is -1.20. The average Bonchev–Trinajstić information content (AvgIpc) is 3.41.